The van der Waals surface area contributed by atoms with Gasteiger partial charge < -0.3 is 24.8 Å². The fourth-order valence-electron chi connectivity index (χ4n) is 2.30. The second kappa shape index (κ2) is 7.88. The number of alkyl halides is 2. The van der Waals surface area contributed by atoms with E-state index in [1.807, 2.05) is 0 Å². The lowest BCUT2D eigenvalue weighted by atomic mass is 10.2. The summed E-state index contributed by atoms with van der Waals surface area (Å²) in [5.41, 5.74) is -0.276. The lowest BCUT2D eigenvalue weighted by Gasteiger charge is -2.15. The van der Waals surface area contributed by atoms with Gasteiger partial charge in [-0.25, -0.2) is 9.18 Å². The number of amides is 1. The summed E-state index contributed by atoms with van der Waals surface area (Å²) in [6.07, 6.45) is 0. The second-order valence-electron chi connectivity index (χ2n) is 4.97. The predicted molar refractivity (Wildman–Crippen MR) is 79.4 cm³/mol. The third-order valence-electron chi connectivity index (χ3n) is 3.32. The van der Waals surface area contributed by atoms with Crippen molar-refractivity contribution in [3.05, 3.63) is 35.3 Å². The largest absolute Gasteiger partial charge is 0.466 e. The minimum absolute atomic E-state index is 0.0204. The van der Waals surface area contributed by atoms with E-state index in [1.165, 1.54) is 4.90 Å². The number of nitrogens with one attached hydrogen (secondary N) is 1. The predicted octanol–water partition coefficient (Wildman–Crippen LogP) is 1.10. The number of hydrogen-bond acceptors (Lipinski definition) is 6. The molecule has 25 heavy (non-hydrogen) atoms. The van der Waals surface area contributed by atoms with Gasteiger partial charge in [0, 0.05) is 24.4 Å². The van der Waals surface area contributed by atoms with E-state index in [2.05, 4.69) is 14.8 Å². The summed E-state index contributed by atoms with van der Waals surface area (Å²) in [5, 5.41) is 11.5. The molecule has 0 spiro atoms. The Morgan fingerprint density at radius 1 is 1.40 bits per heavy atom. The van der Waals surface area contributed by atoms with E-state index in [-0.39, 0.29) is 36.7 Å². The van der Waals surface area contributed by atoms with Gasteiger partial charge in [0.1, 0.15) is 17.3 Å². The van der Waals surface area contributed by atoms with Crippen LogP contribution in [0.3, 0.4) is 0 Å². The Kier molecular flexibility index (Phi) is 5.86. The van der Waals surface area contributed by atoms with Gasteiger partial charge in [-0.05, 0) is 6.07 Å². The molecule has 0 atom stereocenters. The van der Waals surface area contributed by atoms with E-state index >= 15 is 0 Å². The Bertz CT molecular complexity index is 708. The molecule has 1 aliphatic rings. The zero-order chi connectivity index (χ0) is 18.6. The van der Waals surface area contributed by atoms with Crippen molar-refractivity contribution in [1.82, 2.24) is 4.90 Å². The van der Waals surface area contributed by atoms with Gasteiger partial charge >= 0.3 is 12.6 Å². The molecule has 0 aromatic heterocycles. The first-order chi connectivity index (χ1) is 11.8. The number of aliphatic hydroxyl groups excluding tert-OH is 1. The fraction of sp³-hybridized carbons (Fsp3) is 0.333. The number of aliphatic hydroxyl groups is 1. The van der Waals surface area contributed by atoms with Crippen LogP contribution in [0, 0.1) is 5.82 Å². The van der Waals surface area contributed by atoms with Crippen LogP contribution in [0.5, 0.6) is 5.75 Å². The highest BCUT2D eigenvalue weighted by Gasteiger charge is 2.34. The summed E-state index contributed by atoms with van der Waals surface area (Å²) < 4.78 is 46.9. The Morgan fingerprint density at radius 2 is 2.12 bits per heavy atom. The summed E-state index contributed by atoms with van der Waals surface area (Å²) >= 11 is 0. The molecule has 1 aliphatic heterocycles. The first-order valence-electron chi connectivity index (χ1n) is 7.09. The van der Waals surface area contributed by atoms with E-state index in [0.29, 0.717) is 0 Å². The molecular weight excluding hydrogens is 345 g/mol. The zero-order valence-corrected chi connectivity index (χ0v) is 13.1. The normalized spacial score (nSPS) is 14.3. The van der Waals surface area contributed by atoms with Crippen LogP contribution in [0.1, 0.15) is 0 Å². The monoisotopic (exact) mass is 360 g/mol. The van der Waals surface area contributed by atoms with Gasteiger partial charge in [0.15, 0.2) is 0 Å². The third-order valence-corrected chi connectivity index (χ3v) is 3.32. The molecule has 0 radical (unpaired) electrons. The smallest absolute Gasteiger partial charge is 0.387 e. The summed E-state index contributed by atoms with van der Waals surface area (Å²) in [7, 11) is 1.13. The topological polar surface area (TPSA) is 88.1 Å². The van der Waals surface area contributed by atoms with Crippen molar-refractivity contribution in [2.75, 3.05) is 32.1 Å². The summed E-state index contributed by atoms with van der Waals surface area (Å²) in [6.45, 7) is -3.59. The Hall–Kier alpha value is -2.75. The average Bonchev–Trinajstić information content (AvgIpc) is 2.83. The number of β-amino-alcohol motifs (C(OH)–C–C–N with tert-alkyl or cyclic N) is 1. The van der Waals surface area contributed by atoms with Crippen LogP contribution in [0.2, 0.25) is 0 Å². The number of hydrogen-bond donors (Lipinski definition) is 2. The minimum Gasteiger partial charge on any atom is -0.466 e. The molecular formula is C15H15F3N2O5. The highest BCUT2D eigenvalue weighted by Crippen LogP contribution is 2.26. The van der Waals surface area contributed by atoms with Crippen LogP contribution >= 0.6 is 0 Å². The van der Waals surface area contributed by atoms with Crippen molar-refractivity contribution >= 4 is 17.6 Å². The van der Waals surface area contributed by atoms with E-state index in [4.69, 9.17) is 5.11 Å². The molecule has 10 heteroatoms. The number of nitrogens with zero attached hydrogens (tertiary/aromatic N) is 1. The molecule has 2 N–H and O–H groups in total. The van der Waals surface area contributed by atoms with Gasteiger partial charge in [0.05, 0.1) is 25.8 Å². The first kappa shape index (κ1) is 18.6. The fourth-order valence-corrected chi connectivity index (χ4v) is 2.30. The summed E-state index contributed by atoms with van der Waals surface area (Å²) in [4.78, 5) is 25.3. The van der Waals surface area contributed by atoms with E-state index < -0.39 is 30.1 Å². The van der Waals surface area contributed by atoms with Crippen molar-refractivity contribution in [2.24, 2.45) is 0 Å². The standard InChI is InChI=1S/C15H15F3N2O5/c1-24-14(23)11-7-20(2-3-21)13(22)12(11)19-9-4-8(16)5-10(6-9)25-15(17)18/h4-6,15,19,21H,2-3,7H2,1H3. The van der Waals surface area contributed by atoms with Gasteiger partial charge in [-0.15, -0.1) is 0 Å². The molecule has 1 aromatic carbocycles. The van der Waals surface area contributed by atoms with Gasteiger partial charge in [-0.3, -0.25) is 4.79 Å². The highest BCUT2D eigenvalue weighted by atomic mass is 19.3. The molecule has 1 amide bonds. The number of esters is 1. The number of carbonyl (C=O) groups is 2. The third kappa shape index (κ3) is 4.41. The van der Waals surface area contributed by atoms with Crippen LogP contribution in [-0.4, -0.2) is 55.3 Å². The van der Waals surface area contributed by atoms with Crippen LogP contribution in [-0.2, 0) is 14.3 Å². The second-order valence-corrected chi connectivity index (χ2v) is 4.97. The molecule has 0 fully saturated rings. The molecule has 0 saturated carbocycles. The van der Waals surface area contributed by atoms with Gasteiger partial charge in [0.25, 0.3) is 5.91 Å². The van der Waals surface area contributed by atoms with Gasteiger partial charge in [-0.2, -0.15) is 8.78 Å². The van der Waals surface area contributed by atoms with E-state index in [1.54, 1.807) is 0 Å². The quantitative estimate of drug-likeness (QED) is 0.708. The zero-order valence-electron chi connectivity index (χ0n) is 13.1. The molecule has 1 heterocycles. The Labute approximate surface area is 140 Å². The molecule has 0 bridgehead atoms. The molecule has 0 saturated heterocycles. The lowest BCUT2D eigenvalue weighted by molar-refractivity contribution is -0.136. The number of carbonyl (C=O) groups excluding carboxylic acids is 2. The van der Waals surface area contributed by atoms with Crippen molar-refractivity contribution in [3.8, 4) is 5.75 Å². The van der Waals surface area contributed by atoms with Crippen molar-refractivity contribution in [1.29, 1.82) is 0 Å². The number of halogens is 3. The van der Waals surface area contributed by atoms with Crippen LogP contribution in [0.4, 0.5) is 18.9 Å². The molecule has 0 aliphatic carbocycles. The maximum absolute atomic E-state index is 13.6. The molecule has 1 aromatic rings. The van der Waals surface area contributed by atoms with E-state index in [0.717, 1.165) is 25.3 Å². The molecule has 7 nitrogen and oxygen atoms in total. The van der Waals surface area contributed by atoms with Crippen LogP contribution in [0.15, 0.2) is 29.5 Å². The molecule has 136 valence electrons. The number of benzene rings is 1. The lowest BCUT2D eigenvalue weighted by Crippen LogP contribution is -2.31. The summed E-state index contributed by atoms with van der Waals surface area (Å²) in [6, 6.07) is 2.75. The van der Waals surface area contributed by atoms with E-state index in [9.17, 15) is 22.8 Å². The van der Waals surface area contributed by atoms with Crippen LogP contribution in [0.25, 0.3) is 0 Å². The van der Waals surface area contributed by atoms with Crippen molar-refractivity contribution in [3.63, 3.8) is 0 Å². The molecule has 0 unspecified atom stereocenters. The average molecular weight is 360 g/mol. The minimum atomic E-state index is -3.15. The van der Waals surface area contributed by atoms with Crippen molar-refractivity contribution < 1.29 is 37.3 Å². The number of ether oxygens (including phenoxy) is 2. The van der Waals surface area contributed by atoms with Gasteiger partial charge in [-0.1, -0.05) is 0 Å². The first-order valence-corrected chi connectivity index (χ1v) is 7.09. The maximum atomic E-state index is 13.6. The SMILES string of the molecule is COC(=O)C1=C(Nc2cc(F)cc(OC(F)F)c2)C(=O)N(CCO)C1. The molecule has 2 rings (SSSR count). The highest BCUT2D eigenvalue weighted by molar-refractivity contribution is 6.08. The maximum Gasteiger partial charge on any atom is 0.387 e. The number of rotatable bonds is 7. The summed E-state index contributed by atoms with van der Waals surface area (Å²) in [5.74, 6) is -2.72. The van der Waals surface area contributed by atoms with Gasteiger partial charge in [0.2, 0.25) is 0 Å². The number of anilines is 1. The number of methoxy groups -OCH3 is 1. The Morgan fingerprint density at radius 3 is 2.72 bits per heavy atom. The Balaban J connectivity index is 2.33. The van der Waals surface area contributed by atoms with Crippen molar-refractivity contribution in [2.45, 2.75) is 6.61 Å². The van der Waals surface area contributed by atoms with Crippen LogP contribution < -0.4 is 10.1 Å².